The maximum absolute atomic E-state index is 14.1. The van der Waals surface area contributed by atoms with Crippen molar-refractivity contribution < 1.29 is 18.3 Å². The summed E-state index contributed by atoms with van der Waals surface area (Å²) in [5.41, 5.74) is 2.49. The standard InChI is InChI=1S/C18H18FN3O3/c1-9-12(6-5-7-13(9)19)16-14(18(23)24-4)10(2)21-17(22-16)15-11(3)25-8-20-15/h5-8,16H,1-4H3,(H,21,22). The molecule has 1 aromatic carbocycles. The van der Waals surface area contributed by atoms with Crippen LogP contribution in [0.5, 0.6) is 0 Å². The van der Waals surface area contributed by atoms with E-state index in [0.717, 1.165) is 0 Å². The monoisotopic (exact) mass is 343 g/mol. The Kier molecular flexibility index (Phi) is 4.39. The normalized spacial score (nSPS) is 17.2. The van der Waals surface area contributed by atoms with Gasteiger partial charge in [-0.1, -0.05) is 12.1 Å². The minimum absolute atomic E-state index is 0.334. The molecule has 0 amide bonds. The number of oxazole rings is 1. The number of amidine groups is 1. The molecule has 1 unspecified atom stereocenters. The summed E-state index contributed by atoms with van der Waals surface area (Å²) in [5, 5.41) is 3.07. The lowest BCUT2D eigenvalue weighted by atomic mass is 9.92. The second-order valence-corrected chi connectivity index (χ2v) is 5.75. The van der Waals surface area contributed by atoms with Gasteiger partial charge in [-0.25, -0.2) is 14.2 Å². The fourth-order valence-corrected chi connectivity index (χ4v) is 2.85. The number of halogens is 1. The second kappa shape index (κ2) is 6.51. The van der Waals surface area contributed by atoms with Gasteiger partial charge < -0.3 is 14.5 Å². The predicted molar refractivity (Wildman–Crippen MR) is 89.5 cm³/mol. The van der Waals surface area contributed by atoms with Gasteiger partial charge in [0.25, 0.3) is 0 Å². The number of rotatable bonds is 3. The van der Waals surface area contributed by atoms with Crippen LogP contribution in [0.25, 0.3) is 0 Å². The highest BCUT2D eigenvalue weighted by Gasteiger charge is 2.32. The summed E-state index contributed by atoms with van der Waals surface area (Å²) in [4.78, 5) is 21.1. The van der Waals surface area contributed by atoms with Crippen LogP contribution in [0.15, 0.2) is 45.3 Å². The number of carbonyl (C=O) groups is 1. The SMILES string of the molecule is COC(=O)C1=C(C)NC(c2ncoc2C)=NC1c1cccc(F)c1C. The lowest BCUT2D eigenvalue weighted by Crippen LogP contribution is -2.33. The number of aliphatic imine (C=N–C) groups is 1. The number of hydrogen-bond acceptors (Lipinski definition) is 6. The highest BCUT2D eigenvalue weighted by Crippen LogP contribution is 2.34. The van der Waals surface area contributed by atoms with Crippen molar-refractivity contribution in [3.05, 3.63) is 64.3 Å². The molecule has 0 fully saturated rings. The molecule has 0 radical (unpaired) electrons. The van der Waals surface area contributed by atoms with Crippen LogP contribution in [0.3, 0.4) is 0 Å². The summed E-state index contributed by atoms with van der Waals surface area (Å²) in [6, 6.07) is 4.03. The van der Waals surface area contributed by atoms with Crippen LogP contribution in [0.1, 0.15) is 35.5 Å². The lowest BCUT2D eigenvalue weighted by molar-refractivity contribution is -0.136. The summed E-state index contributed by atoms with van der Waals surface area (Å²) < 4.78 is 24.2. The quantitative estimate of drug-likeness (QED) is 0.867. The van der Waals surface area contributed by atoms with Gasteiger partial charge in [-0.15, -0.1) is 0 Å². The molecule has 0 aliphatic carbocycles. The van der Waals surface area contributed by atoms with Crippen molar-refractivity contribution >= 4 is 11.8 Å². The molecule has 1 N–H and O–H groups in total. The minimum Gasteiger partial charge on any atom is -0.466 e. The van der Waals surface area contributed by atoms with Crippen LogP contribution in [-0.4, -0.2) is 23.9 Å². The van der Waals surface area contributed by atoms with Crippen molar-refractivity contribution in [2.24, 2.45) is 4.99 Å². The fraction of sp³-hybridized carbons (Fsp3) is 0.278. The number of aryl methyl sites for hydroxylation is 1. The molecular formula is C18H18FN3O3. The summed E-state index contributed by atoms with van der Waals surface area (Å²) in [7, 11) is 1.30. The van der Waals surface area contributed by atoms with E-state index < -0.39 is 12.0 Å². The number of nitrogens with one attached hydrogen (secondary N) is 1. The second-order valence-electron chi connectivity index (χ2n) is 5.75. The third-order valence-electron chi connectivity index (χ3n) is 4.22. The first-order chi connectivity index (χ1) is 11.9. The number of esters is 1. The zero-order valence-corrected chi connectivity index (χ0v) is 14.4. The first-order valence-electron chi connectivity index (χ1n) is 7.73. The van der Waals surface area contributed by atoms with Gasteiger partial charge in [0.15, 0.2) is 12.2 Å². The van der Waals surface area contributed by atoms with Crippen molar-refractivity contribution in [2.75, 3.05) is 7.11 Å². The molecule has 1 atom stereocenters. The van der Waals surface area contributed by atoms with Gasteiger partial charge in [-0.2, -0.15) is 0 Å². The lowest BCUT2D eigenvalue weighted by Gasteiger charge is -2.26. The van der Waals surface area contributed by atoms with Gasteiger partial charge in [0, 0.05) is 5.70 Å². The molecule has 0 saturated carbocycles. The number of aromatic nitrogens is 1. The van der Waals surface area contributed by atoms with Crippen LogP contribution in [-0.2, 0) is 9.53 Å². The van der Waals surface area contributed by atoms with E-state index in [0.29, 0.717) is 39.7 Å². The van der Waals surface area contributed by atoms with E-state index in [-0.39, 0.29) is 5.82 Å². The first kappa shape index (κ1) is 16.9. The average Bonchev–Trinajstić information content (AvgIpc) is 3.02. The highest BCUT2D eigenvalue weighted by atomic mass is 19.1. The van der Waals surface area contributed by atoms with E-state index in [1.165, 1.54) is 19.6 Å². The Morgan fingerprint density at radius 3 is 2.72 bits per heavy atom. The highest BCUT2D eigenvalue weighted by molar-refractivity contribution is 6.03. The summed E-state index contributed by atoms with van der Waals surface area (Å²) in [6.07, 6.45) is 1.33. The van der Waals surface area contributed by atoms with E-state index in [1.807, 2.05) is 0 Å². The summed E-state index contributed by atoms with van der Waals surface area (Å²) in [6.45, 7) is 5.18. The molecule has 1 aliphatic heterocycles. The topological polar surface area (TPSA) is 76.7 Å². The van der Waals surface area contributed by atoms with Gasteiger partial charge in [0.2, 0.25) is 0 Å². The number of nitrogens with zero attached hydrogens (tertiary/aromatic N) is 2. The third-order valence-corrected chi connectivity index (χ3v) is 4.22. The van der Waals surface area contributed by atoms with Gasteiger partial charge in [-0.05, 0) is 38.0 Å². The van der Waals surface area contributed by atoms with Crippen molar-refractivity contribution in [1.29, 1.82) is 0 Å². The molecule has 1 aromatic heterocycles. The van der Waals surface area contributed by atoms with E-state index in [2.05, 4.69) is 15.3 Å². The fourth-order valence-electron chi connectivity index (χ4n) is 2.85. The van der Waals surface area contributed by atoms with Gasteiger partial charge in [0.05, 0.1) is 12.7 Å². The third kappa shape index (κ3) is 2.93. The predicted octanol–water partition coefficient (Wildman–Crippen LogP) is 2.97. The van der Waals surface area contributed by atoms with E-state index in [4.69, 9.17) is 9.15 Å². The largest absolute Gasteiger partial charge is 0.466 e. The van der Waals surface area contributed by atoms with Crippen LogP contribution >= 0.6 is 0 Å². The van der Waals surface area contributed by atoms with Gasteiger partial charge >= 0.3 is 5.97 Å². The first-order valence-corrected chi connectivity index (χ1v) is 7.73. The Labute approximate surface area is 144 Å². The van der Waals surface area contributed by atoms with Crippen LogP contribution in [0.2, 0.25) is 0 Å². The van der Waals surface area contributed by atoms with Gasteiger partial charge in [0.1, 0.15) is 23.3 Å². The van der Waals surface area contributed by atoms with Crippen LogP contribution < -0.4 is 5.32 Å². The molecule has 6 nitrogen and oxygen atoms in total. The molecule has 0 bridgehead atoms. The number of ether oxygens (including phenoxy) is 1. The van der Waals surface area contributed by atoms with Crippen molar-refractivity contribution in [3.8, 4) is 0 Å². The number of allylic oxidation sites excluding steroid dienone is 1. The molecule has 7 heteroatoms. The van der Waals surface area contributed by atoms with Crippen LogP contribution in [0, 0.1) is 19.7 Å². The Bertz CT molecular complexity index is 899. The molecule has 0 spiro atoms. The van der Waals surface area contributed by atoms with E-state index in [1.54, 1.807) is 32.9 Å². The maximum atomic E-state index is 14.1. The Balaban J connectivity index is 2.18. The number of methoxy groups -OCH3 is 1. The number of carbonyl (C=O) groups excluding carboxylic acids is 1. The Morgan fingerprint density at radius 2 is 2.08 bits per heavy atom. The zero-order valence-electron chi connectivity index (χ0n) is 14.4. The van der Waals surface area contributed by atoms with Gasteiger partial charge in [-0.3, -0.25) is 4.99 Å². The number of benzene rings is 1. The number of hydrogen-bond donors (Lipinski definition) is 1. The summed E-state index contributed by atoms with van der Waals surface area (Å²) >= 11 is 0. The molecule has 25 heavy (non-hydrogen) atoms. The summed E-state index contributed by atoms with van der Waals surface area (Å²) in [5.74, 6) is 0.186. The molecule has 3 rings (SSSR count). The van der Waals surface area contributed by atoms with E-state index >= 15 is 0 Å². The van der Waals surface area contributed by atoms with Crippen molar-refractivity contribution in [3.63, 3.8) is 0 Å². The average molecular weight is 343 g/mol. The molecule has 1 aliphatic rings. The van der Waals surface area contributed by atoms with E-state index in [9.17, 15) is 9.18 Å². The molecule has 130 valence electrons. The Morgan fingerprint density at radius 1 is 1.32 bits per heavy atom. The van der Waals surface area contributed by atoms with Crippen LogP contribution in [0.4, 0.5) is 4.39 Å². The molecular weight excluding hydrogens is 325 g/mol. The van der Waals surface area contributed by atoms with Crippen molar-refractivity contribution in [1.82, 2.24) is 10.3 Å². The molecule has 2 aromatic rings. The molecule has 0 saturated heterocycles. The smallest absolute Gasteiger partial charge is 0.338 e. The maximum Gasteiger partial charge on any atom is 0.338 e. The van der Waals surface area contributed by atoms with Crippen molar-refractivity contribution in [2.45, 2.75) is 26.8 Å². The minimum atomic E-state index is -0.699. The molecule has 2 heterocycles. The Hall–Kier alpha value is -2.96. The zero-order chi connectivity index (χ0) is 18.1.